The molecule has 2 N–H and O–H groups in total. The van der Waals surface area contributed by atoms with Gasteiger partial charge < -0.3 is 10.5 Å². The average molecular weight is 310 g/mol. The van der Waals surface area contributed by atoms with Crippen molar-refractivity contribution in [1.29, 1.82) is 0 Å². The van der Waals surface area contributed by atoms with Crippen LogP contribution in [0.2, 0.25) is 0 Å². The van der Waals surface area contributed by atoms with Crippen LogP contribution in [0.5, 0.6) is 0 Å². The summed E-state index contributed by atoms with van der Waals surface area (Å²) in [6.45, 7) is 7.22. The number of ether oxygens (including phenoxy) is 1. The fourth-order valence-corrected chi connectivity index (χ4v) is 3.32. The number of methoxy groups -OCH3 is 1. The highest BCUT2D eigenvalue weighted by Crippen LogP contribution is 2.23. The molecule has 7 heteroatoms. The van der Waals surface area contributed by atoms with Crippen LogP contribution in [-0.2, 0) is 14.8 Å². The average Bonchev–Trinajstić information content (AvgIpc) is 2.46. The summed E-state index contributed by atoms with van der Waals surface area (Å²) in [5.41, 5.74) is 5.81. The first kappa shape index (κ1) is 16.9. The summed E-state index contributed by atoms with van der Waals surface area (Å²) in [7, 11) is -2.74. The van der Waals surface area contributed by atoms with E-state index in [1.165, 1.54) is 37.5 Å². The molecule has 0 spiro atoms. The molecular formula is C14H18N2O4S. The van der Waals surface area contributed by atoms with Crippen molar-refractivity contribution in [2.24, 2.45) is 0 Å². The summed E-state index contributed by atoms with van der Waals surface area (Å²) in [6.07, 6.45) is 2.90. The molecule has 0 unspecified atom stereocenters. The van der Waals surface area contributed by atoms with Crippen LogP contribution in [0.4, 0.5) is 5.69 Å². The molecule has 0 aliphatic carbocycles. The van der Waals surface area contributed by atoms with Gasteiger partial charge in [-0.1, -0.05) is 12.2 Å². The lowest BCUT2D eigenvalue weighted by Gasteiger charge is -2.20. The number of carbonyl (C=O) groups excluding carboxylic acids is 1. The van der Waals surface area contributed by atoms with Crippen LogP contribution in [0.15, 0.2) is 48.4 Å². The molecule has 0 saturated carbocycles. The number of hydrogen-bond donors (Lipinski definition) is 1. The van der Waals surface area contributed by atoms with Gasteiger partial charge in [0.25, 0.3) is 0 Å². The van der Waals surface area contributed by atoms with Crippen LogP contribution in [0.1, 0.15) is 10.4 Å². The van der Waals surface area contributed by atoms with E-state index in [-0.39, 0.29) is 29.2 Å². The fourth-order valence-electron chi connectivity index (χ4n) is 1.73. The van der Waals surface area contributed by atoms with Gasteiger partial charge in [-0.25, -0.2) is 13.2 Å². The summed E-state index contributed by atoms with van der Waals surface area (Å²) >= 11 is 0. The van der Waals surface area contributed by atoms with Crippen molar-refractivity contribution in [3.63, 3.8) is 0 Å². The van der Waals surface area contributed by atoms with Crippen LogP contribution < -0.4 is 5.73 Å². The quantitative estimate of drug-likeness (QED) is 0.467. The lowest BCUT2D eigenvalue weighted by atomic mass is 10.2. The zero-order chi connectivity index (χ0) is 16.0. The van der Waals surface area contributed by atoms with E-state index in [0.717, 1.165) is 4.31 Å². The highest BCUT2D eigenvalue weighted by atomic mass is 32.2. The Bertz CT molecular complexity index is 643. The number of esters is 1. The first-order chi connectivity index (χ1) is 9.88. The van der Waals surface area contributed by atoms with Crippen LogP contribution in [0, 0.1) is 0 Å². The summed E-state index contributed by atoms with van der Waals surface area (Å²) in [6, 6.07) is 4.01. The van der Waals surface area contributed by atoms with E-state index in [2.05, 4.69) is 17.9 Å². The van der Waals surface area contributed by atoms with E-state index in [4.69, 9.17) is 5.73 Å². The van der Waals surface area contributed by atoms with Crippen molar-refractivity contribution in [1.82, 2.24) is 4.31 Å². The Kier molecular flexibility index (Phi) is 5.69. The predicted molar refractivity (Wildman–Crippen MR) is 81.3 cm³/mol. The summed E-state index contributed by atoms with van der Waals surface area (Å²) < 4.78 is 31.1. The number of nitrogens with two attached hydrogens (primary N) is 1. The first-order valence-electron chi connectivity index (χ1n) is 6.08. The molecule has 1 rings (SSSR count). The molecule has 0 atom stereocenters. The van der Waals surface area contributed by atoms with Crippen LogP contribution >= 0.6 is 0 Å². The molecule has 0 bridgehead atoms. The number of nitrogen functional groups attached to an aromatic ring is 1. The maximum atomic E-state index is 12.7. The summed E-state index contributed by atoms with van der Waals surface area (Å²) in [5, 5.41) is 0. The minimum atomic E-state index is -3.92. The van der Waals surface area contributed by atoms with Gasteiger partial charge in [-0.3, -0.25) is 0 Å². The van der Waals surface area contributed by atoms with Crippen molar-refractivity contribution < 1.29 is 17.9 Å². The summed E-state index contributed by atoms with van der Waals surface area (Å²) in [5.74, 6) is -0.745. The van der Waals surface area contributed by atoms with E-state index < -0.39 is 16.0 Å². The second kappa shape index (κ2) is 7.05. The highest BCUT2D eigenvalue weighted by Gasteiger charge is 2.28. The van der Waals surface area contributed by atoms with Gasteiger partial charge in [-0.15, -0.1) is 13.2 Å². The molecule has 0 amide bonds. The third-order valence-corrected chi connectivity index (χ3v) is 4.57. The Morgan fingerprint density at radius 2 is 1.90 bits per heavy atom. The normalized spacial score (nSPS) is 11.1. The van der Waals surface area contributed by atoms with Crippen molar-refractivity contribution in [3.8, 4) is 0 Å². The van der Waals surface area contributed by atoms with Gasteiger partial charge in [0.15, 0.2) is 0 Å². The maximum absolute atomic E-state index is 12.7. The van der Waals surface area contributed by atoms with E-state index >= 15 is 0 Å². The summed E-state index contributed by atoms with van der Waals surface area (Å²) in [4.78, 5) is 11.5. The number of benzene rings is 1. The second-order valence-electron chi connectivity index (χ2n) is 4.15. The van der Waals surface area contributed by atoms with E-state index in [0.29, 0.717) is 0 Å². The van der Waals surface area contributed by atoms with Crippen LogP contribution in [-0.4, -0.2) is 38.9 Å². The number of carbonyl (C=O) groups is 1. The molecule has 0 radical (unpaired) electrons. The minimum Gasteiger partial charge on any atom is -0.465 e. The predicted octanol–water partition coefficient (Wildman–Crippen LogP) is 1.42. The van der Waals surface area contributed by atoms with Crippen molar-refractivity contribution in [3.05, 3.63) is 49.1 Å². The number of hydrogen-bond acceptors (Lipinski definition) is 5. The molecule has 0 heterocycles. The first-order valence-corrected chi connectivity index (χ1v) is 7.52. The standard InChI is InChI=1S/C14H18N2O4S/c1-4-8-16(9-5-2)21(18,19)13-10-11(15)6-7-12(13)14(17)20-3/h4-7,10H,1-2,8-9,15H2,3H3. The SMILES string of the molecule is C=CCN(CC=C)S(=O)(=O)c1cc(N)ccc1C(=O)OC. The Balaban J connectivity index is 3.47. The number of rotatable bonds is 7. The van der Waals surface area contributed by atoms with Crippen molar-refractivity contribution in [2.45, 2.75) is 4.90 Å². The molecule has 1 aromatic carbocycles. The molecule has 21 heavy (non-hydrogen) atoms. The Morgan fingerprint density at radius 1 is 1.33 bits per heavy atom. The third kappa shape index (κ3) is 3.71. The van der Waals surface area contributed by atoms with Crippen LogP contribution in [0.25, 0.3) is 0 Å². The van der Waals surface area contributed by atoms with Gasteiger partial charge in [0.1, 0.15) is 0 Å². The Hall–Kier alpha value is -2.12. The van der Waals surface area contributed by atoms with Gasteiger partial charge in [0, 0.05) is 18.8 Å². The topological polar surface area (TPSA) is 89.7 Å². The van der Waals surface area contributed by atoms with Gasteiger partial charge in [0.05, 0.1) is 17.6 Å². The molecule has 6 nitrogen and oxygen atoms in total. The minimum absolute atomic E-state index is 0.0650. The lowest BCUT2D eigenvalue weighted by molar-refractivity contribution is 0.0596. The Labute approximate surface area is 124 Å². The molecule has 114 valence electrons. The zero-order valence-electron chi connectivity index (χ0n) is 11.8. The van der Waals surface area contributed by atoms with Gasteiger partial charge in [0.2, 0.25) is 10.0 Å². The van der Waals surface area contributed by atoms with Crippen molar-refractivity contribution >= 4 is 21.7 Å². The van der Waals surface area contributed by atoms with Gasteiger partial charge in [-0.05, 0) is 18.2 Å². The smallest absolute Gasteiger partial charge is 0.339 e. The number of sulfonamides is 1. The second-order valence-corrected chi connectivity index (χ2v) is 6.05. The molecule has 0 aliphatic heterocycles. The third-order valence-electron chi connectivity index (χ3n) is 2.69. The largest absolute Gasteiger partial charge is 0.465 e. The molecule has 0 saturated heterocycles. The maximum Gasteiger partial charge on any atom is 0.339 e. The van der Waals surface area contributed by atoms with Gasteiger partial charge >= 0.3 is 5.97 Å². The number of nitrogens with zero attached hydrogens (tertiary/aromatic N) is 1. The molecule has 0 aliphatic rings. The van der Waals surface area contributed by atoms with Gasteiger partial charge in [-0.2, -0.15) is 4.31 Å². The van der Waals surface area contributed by atoms with Crippen molar-refractivity contribution in [2.75, 3.05) is 25.9 Å². The highest BCUT2D eigenvalue weighted by molar-refractivity contribution is 7.89. The van der Waals surface area contributed by atoms with E-state index in [1.54, 1.807) is 0 Å². The fraction of sp³-hybridized carbons (Fsp3) is 0.214. The Morgan fingerprint density at radius 3 is 2.38 bits per heavy atom. The molecular weight excluding hydrogens is 292 g/mol. The number of anilines is 1. The van der Waals surface area contributed by atoms with E-state index in [1.807, 2.05) is 0 Å². The molecule has 1 aromatic rings. The van der Waals surface area contributed by atoms with Crippen LogP contribution in [0.3, 0.4) is 0 Å². The monoisotopic (exact) mass is 310 g/mol. The molecule has 0 fully saturated rings. The molecule has 0 aromatic heterocycles. The lowest BCUT2D eigenvalue weighted by Crippen LogP contribution is -2.32. The van der Waals surface area contributed by atoms with E-state index in [9.17, 15) is 13.2 Å². The zero-order valence-corrected chi connectivity index (χ0v) is 12.6.